The van der Waals surface area contributed by atoms with E-state index < -0.39 is 5.97 Å². The zero-order valence-corrected chi connectivity index (χ0v) is 11.4. The fraction of sp³-hybridized carbons (Fsp3) is 0.429. The van der Waals surface area contributed by atoms with Crippen molar-refractivity contribution in [3.05, 3.63) is 35.9 Å². The standard InChI is InChI=1S/C14H19NO5/c1-19-8-7-15(9-14(17)18)13(16)11-20-10-12-5-3-2-4-6-12/h2-6H,7-11H2,1H3,(H,17,18). The molecule has 1 N–H and O–H groups in total. The lowest BCUT2D eigenvalue weighted by Crippen LogP contribution is -2.40. The van der Waals surface area contributed by atoms with Gasteiger partial charge in [0.25, 0.3) is 0 Å². The van der Waals surface area contributed by atoms with E-state index in [1.54, 1.807) is 0 Å². The molecule has 20 heavy (non-hydrogen) atoms. The molecule has 0 atom stereocenters. The third-order valence-electron chi connectivity index (χ3n) is 2.58. The third-order valence-corrected chi connectivity index (χ3v) is 2.58. The van der Waals surface area contributed by atoms with Crippen LogP contribution in [0, 0.1) is 0 Å². The summed E-state index contributed by atoms with van der Waals surface area (Å²) in [4.78, 5) is 23.8. The third kappa shape index (κ3) is 6.31. The molecule has 0 heterocycles. The number of nitrogens with zero attached hydrogens (tertiary/aromatic N) is 1. The maximum Gasteiger partial charge on any atom is 0.323 e. The molecule has 1 rings (SSSR count). The van der Waals surface area contributed by atoms with Gasteiger partial charge in [0.15, 0.2) is 0 Å². The molecule has 0 aliphatic carbocycles. The van der Waals surface area contributed by atoms with Crippen LogP contribution in [0.4, 0.5) is 0 Å². The van der Waals surface area contributed by atoms with E-state index in [0.717, 1.165) is 5.56 Å². The molecular weight excluding hydrogens is 262 g/mol. The van der Waals surface area contributed by atoms with Crippen LogP contribution in [0.15, 0.2) is 30.3 Å². The number of carbonyl (C=O) groups excluding carboxylic acids is 1. The van der Waals surface area contributed by atoms with Crippen LogP contribution in [0.1, 0.15) is 5.56 Å². The smallest absolute Gasteiger partial charge is 0.323 e. The summed E-state index contributed by atoms with van der Waals surface area (Å²) in [5, 5.41) is 8.76. The Bertz CT molecular complexity index is 421. The van der Waals surface area contributed by atoms with Crippen molar-refractivity contribution in [2.45, 2.75) is 6.61 Å². The summed E-state index contributed by atoms with van der Waals surface area (Å²) in [5.74, 6) is -1.42. The maximum absolute atomic E-state index is 11.9. The Morgan fingerprint density at radius 1 is 1.25 bits per heavy atom. The van der Waals surface area contributed by atoms with E-state index in [1.165, 1.54) is 12.0 Å². The minimum absolute atomic E-state index is 0.147. The molecule has 0 bridgehead atoms. The predicted octanol–water partition coefficient (Wildman–Crippen LogP) is 0.763. The zero-order valence-electron chi connectivity index (χ0n) is 11.4. The Balaban J connectivity index is 2.38. The second-order valence-electron chi connectivity index (χ2n) is 4.18. The van der Waals surface area contributed by atoms with E-state index in [1.807, 2.05) is 30.3 Å². The molecule has 0 fully saturated rings. The minimum Gasteiger partial charge on any atom is -0.480 e. The summed E-state index contributed by atoms with van der Waals surface area (Å²) in [5.41, 5.74) is 0.960. The van der Waals surface area contributed by atoms with Crippen LogP contribution in [-0.4, -0.2) is 55.3 Å². The second kappa shape index (κ2) is 9.06. The molecule has 1 aromatic rings. The summed E-state index contributed by atoms with van der Waals surface area (Å²) in [6, 6.07) is 9.45. The topological polar surface area (TPSA) is 76.1 Å². The van der Waals surface area contributed by atoms with E-state index in [2.05, 4.69) is 0 Å². The van der Waals surface area contributed by atoms with Crippen molar-refractivity contribution in [3.8, 4) is 0 Å². The summed E-state index contributed by atoms with van der Waals surface area (Å²) in [6.45, 7) is 0.342. The lowest BCUT2D eigenvalue weighted by atomic mass is 10.2. The normalized spacial score (nSPS) is 10.2. The molecule has 6 heteroatoms. The van der Waals surface area contributed by atoms with Crippen LogP contribution < -0.4 is 0 Å². The van der Waals surface area contributed by atoms with Crippen LogP contribution in [0.2, 0.25) is 0 Å². The average molecular weight is 281 g/mol. The number of carboxylic acids is 1. The highest BCUT2D eigenvalue weighted by Crippen LogP contribution is 2.01. The number of rotatable bonds is 9. The monoisotopic (exact) mass is 281 g/mol. The Kier molecular flexibility index (Phi) is 7.31. The number of hydrogen-bond donors (Lipinski definition) is 1. The second-order valence-corrected chi connectivity index (χ2v) is 4.18. The van der Waals surface area contributed by atoms with Crippen molar-refractivity contribution in [1.82, 2.24) is 4.90 Å². The average Bonchev–Trinajstić information content (AvgIpc) is 2.44. The Morgan fingerprint density at radius 3 is 2.55 bits per heavy atom. The first-order chi connectivity index (χ1) is 9.63. The molecule has 0 radical (unpaired) electrons. The van der Waals surface area contributed by atoms with Gasteiger partial charge in [0.05, 0.1) is 13.2 Å². The van der Waals surface area contributed by atoms with Gasteiger partial charge in [-0.15, -0.1) is 0 Å². The summed E-state index contributed by atoms with van der Waals surface area (Å²) in [6.07, 6.45) is 0. The number of carboxylic acid groups (broad SMARTS) is 1. The number of methoxy groups -OCH3 is 1. The summed E-state index contributed by atoms with van der Waals surface area (Å²) < 4.78 is 10.1. The molecule has 0 aliphatic heterocycles. The van der Waals surface area contributed by atoms with Gasteiger partial charge in [-0.3, -0.25) is 9.59 Å². The Morgan fingerprint density at radius 2 is 1.95 bits per heavy atom. The zero-order chi connectivity index (χ0) is 14.8. The molecule has 0 aliphatic rings. The van der Waals surface area contributed by atoms with E-state index in [0.29, 0.717) is 6.61 Å². The number of benzene rings is 1. The lowest BCUT2D eigenvalue weighted by Gasteiger charge is -2.20. The quantitative estimate of drug-likeness (QED) is 0.723. The van der Waals surface area contributed by atoms with Crippen molar-refractivity contribution in [1.29, 1.82) is 0 Å². The highest BCUT2D eigenvalue weighted by molar-refractivity contribution is 5.82. The Hall–Kier alpha value is -1.92. The fourth-order valence-corrected chi connectivity index (χ4v) is 1.58. The summed E-state index contributed by atoms with van der Waals surface area (Å²) >= 11 is 0. The molecule has 0 saturated heterocycles. The van der Waals surface area contributed by atoms with Gasteiger partial charge in [-0.1, -0.05) is 30.3 Å². The number of amides is 1. The van der Waals surface area contributed by atoms with Gasteiger partial charge in [0, 0.05) is 13.7 Å². The highest BCUT2D eigenvalue weighted by Gasteiger charge is 2.16. The van der Waals surface area contributed by atoms with Crippen LogP contribution in [-0.2, 0) is 25.7 Å². The van der Waals surface area contributed by atoms with Crippen molar-refractivity contribution < 1.29 is 24.2 Å². The van der Waals surface area contributed by atoms with Crippen molar-refractivity contribution in [2.24, 2.45) is 0 Å². The number of hydrogen-bond acceptors (Lipinski definition) is 4. The lowest BCUT2D eigenvalue weighted by molar-refractivity contribution is -0.147. The molecule has 0 spiro atoms. The molecule has 1 aromatic carbocycles. The van der Waals surface area contributed by atoms with Crippen LogP contribution in [0.3, 0.4) is 0 Å². The first kappa shape index (κ1) is 16.1. The van der Waals surface area contributed by atoms with Gasteiger partial charge >= 0.3 is 5.97 Å². The van der Waals surface area contributed by atoms with Crippen LogP contribution in [0.5, 0.6) is 0 Å². The first-order valence-corrected chi connectivity index (χ1v) is 6.23. The molecule has 1 amide bonds. The van der Waals surface area contributed by atoms with E-state index in [4.69, 9.17) is 14.6 Å². The van der Waals surface area contributed by atoms with Gasteiger partial charge < -0.3 is 19.5 Å². The van der Waals surface area contributed by atoms with E-state index >= 15 is 0 Å². The SMILES string of the molecule is COCCN(CC(=O)O)C(=O)COCc1ccccc1. The minimum atomic E-state index is -1.06. The molecule has 110 valence electrons. The van der Waals surface area contributed by atoms with E-state index in [9.17, 15) is 9.59 Å². The van der Waals surface area contributed by atoms with Crippen molar-refractivity contribution in [3.63, 3.8) is 0 Å². The summed E-state index contributed by atoms with van der Waals surface area (Å²) in [7, 11) is 1.50. The van der Waals surface area contributed by atoms with E-state index in [-0.39, 0.29) is 32.2 Å². The predicted molar refractivity (Wildman–Crippen MR) is 72.2 cm³/mol. The molecule has 6 nitrogen and oxygen atoms in total. The van der Waals surface area contributed by atoms with Crippen molar-refractivity contribution >= 4 is 11.9 Å². The van der Waals surface area contributed by atoms with Crippen LogP contribution >= 0.6 is 0 Å². The molecule has 0 unspecified atom stereocenters. The largest absolute Gasteiger partial charge is 0.480 e. The highest BCUT2D eigenvalue weighted by atomic mass is 16.5. The number of aliphatic carboxylic acids is 1. The first-order valence-electron chi connectivity index (χ1n) is 6.23. The molecule has 0 saturated carbocycles. The fourth-order valence-electron chi connectivity index (χ4n) is 1.58. The van der Waals surface area contributed by atoms with Crippen molar-refractivity contribution in [2.75, 3.05) is 33.4 Å². The number of carbonyl (C=O) groups is 2. The van der Waals surface area contributed by atoms with Gasteiger partial charge in [0.1, 0.15) is 13.2 Å². The van der Waals surface area contributed by atoms with Crippen LogP contribution in [0.25, 0.3) is 0 Å². The van der Waals surface area contributed by atoms with Gasteiger partial charge in [-0.2, -0.15) is 0 Å². The molecule has 0 aromatic heterocycles. The number of ether oxygens (including phenoxy) is 2. The Labute approximate surface area is 117 Å². The van der Waals surface area contributed by atoms with Gasteiger partial charge in [0.2, 0.25) is 5.91 Å². The van der Waals surface area contributed by atoms with Gasteiger partial charge in [-0.05, 0) is 5.56 Å². The van der Waals surface area contributed by atoms with Gasteiger partial charge in [-0.25, -0.2) is 0 Å². The maximum atomic E-state index is 11.9. The molecular formula is C14H19NO5.